The number of aromatic amines is 1. The molecule has 8 nitrogen and oxygen atoms in total. The van der Waals surface area contributed by atoms with Gasteiger partial charge in [0.15, 0.2) is 0 Å². The highest BCUT2D eigenvalue weighted by Crippen LogP contribution is 2.35. The van der Waals surface area contributed by atoms with E-state index in [1.54, 1.807) is 12.3 Å². The van der Waals surface area contributed by atoms with Crippen LogP contribution in [-0.2, 0) is 10.0 Å². The van der Waals surface area contributed by atoms with Crippen molar-refractivity contribution in [2.75, 3.05) is 12.3 Å². The van der Waals surface area contributed by atoms with Crippen molar-refractivity contribution in [3.63, 3.8) is 0 Å². The molecule has 0 bridgehead atoms. The molecule has 2 aromatic heterocycles. The summed E-state index contributed by atoms with van der Waals surface area (Å²) in [5, 5.41) is 6.22. The molecule has 9 heteroatoms. The summed E-state index contributed by atoms with van der Waals surface area (Å²) >= 11 is 0. The maximum atomic E-state index is 12.6. The summed E-state index contributed by atoms with van der Waals surface area (Å²) < 4.78 is 26.6. The molecule has 1 fully saturated rings. The maximum Gasteiger partial charge on any atom is 0.246 e. The molecule has 3 rings (SSSR count). The van der Waals surface area contributed by atoms with Crippen molar-refractivity contribution >= 4 is 16.0 Å². The Morgan fingerprint density at radius 3 is 3.00 bits per heavy atom. The lowest BCUT2D eigenvalue weighted by atomic mass is 10.1. The average Bonchev–Trinajstić information content (AvgIpc) is 3.11. The highest BCUT2D eigenvalue weighted by atomic mass is 32.2. The van der Waals surface area contributed by atoms with Crippen molar-refractivity contribution in [3.8, 4) is 0 Å². The van der Waals surface area contributed by atoms with Crippen LogP contribution in [0.2, 0.25) is 0 Å². The van der Waals surface area contributed by atoms with Crippen LogP contribution in [0.5, 0.6) is 0 Å². The number of hydrogen-bond donors (Lipinski definition) is 2. The van der Waals surface area contributed by atoms with Crippen molar-refractivity contribution in [2.45, 2.75) is 23.8 Å². The van der Waals surface area contributed by atoms with Gasteiger partial charge in [-0.1, -0.05) is 0 Å². The van der Waals surface area contributed by atoms with Gasteiger partial charge in [0.05, 0.1) is 17.9 Å². The lowest BCUT2D eigenvalue weighted by Crippen LogP contribution is -2.31. The van der Waals surface area contributed by atoms with Crippen LogP contribution in [0.4, 0.5) is 5.95 Å². The van der Waals surface area contributed by atoms with Crippen LogP contribution < -0.4 is 5.73 Å². The van der Waals surface area contributed by atoms with Gasteiger partial charge in [0, 0.05) is 18.9 Å². The Morgan fingerprint density at radius 2 is 2.30 bits per heavy atom. The zero-order valence-corrected chi connectivity index (χ0v) is 11.4. The predicted octanol–water partition coefficient (Wildman–Crippen LogP) is 0.308. The van der Waals surface area contributed by atoms with Gasteiger partial charge in [0.1, 0.15) is 4.90 Å². The predicted molar refractivity (Wildman–Crippen MR) is 70.9 cm³/mol. The van der Waals surface area contributed by atoms with E-state index in [0.717, 1.165) is 6.42 Å². The summed E-state index contributed by atoms with van der Waals surface area (Å²) in [6, 6.07) is 1.39. The SMILES string of the molecule is Nc1nccc([C@@H]2CCCN2S(=O)(=O)c2cn[nH]c2)n1. The van der Waals surface area contributed by atoms with Crippen molar-refractivity contribution in [1.82, 2.24) is 24.5 Å². The Hall–Kier alpha value is -2.00. The zero-order valence-electron chi connectivity index (χ0n) is 10.6. The molecule has 3 heterocycles. The molecule has 0 radical (unpaired) electrons. The van der Waals surface area contributed by atoms with E-state index in [9.17, 15) is 8.42 Å². The molecule has 0 aliphatic carbocycles. The Bertz CT molecular complexity index is 699. The zero-order chi connectivity index (χ0) is 14.2. The van der Waals surface area contributed by atoms with Gasteiger partial charge in [-0.15, -0.1) is 0 Å². The third kappa shape index (κ3) is 2.14. The summed E-state index contributed by atoms with van der Waals surface area (Å²) in [6.45, 7) is 0.460. The molecule has 106 valence electrons. The lowest BCUT2D eigenvalue weighted by molar-refractivity contribution is 0.390. The van der Waals surface area contributed by atoms with Crippen molar-refractivity contribution < 1.29 is 8.42 Å². The first-order valence-corrected chi connectivity index (χ1v) is 7.62. The molecule has 3 N–H and O–H groups in total. The molecule has 0 amide bonds. The quantitative estimate of drug-likeness (QED) is 0.841. The van der Waals surface area contributed by atoms with E-state index >= 15 is 0 Å². The van der Waals surface area contributed by atoms with E-state index < -0.39 is 10.0 Å². The minimum atomic E-state index is -3.57. The number of nitrogens with two attached hydrogens (primary N) is 1. The molecule has 0 spiro atoms. The average molecular weight is 294 g/mol. The first-order valence-electron chi connectivity index (χ1n) is 6.18. The Kier molecular flexibility index (Phi) is 3.14. The summed E-state index contributed by atoms with van der Waals surface area (Å²) in [6.07, 6.45) is 5.72. The Labute approximate surface area is 116 Å². The Balaban J connectivity index is 1.98. The fourth-order valence-electron chi connectivity index (χ4n) is 2.41. The van der Waals surface area contributed by atoms with Gasteiger partial charge >= 0.3 is 0 Å². The molecule has 0 saturated carbocycles. The van der Waals surface area contributed by atoms with Crippen molar-refractivity contribution in [3.05, 3.63) is 30.4 Å². The molecule has 0 unspecified atom stereocenters. The first kappa shape index (κ1) is 13.0. The molecule has 1 atom stereocenters. The van der Waals surface area contributed by atoms with E-state index in [2.05, 4.69) is 20.2 Å². The topological polar surface area (TPSA) is 118 Å². The van der Waals surface area contributed by atoms with Gasteiger partial charge in [-0.3, -0.25) is 5.10 Å². The van der Waals surface area contributed by atoms with E-state index in [-0.39, 0.29) is 16.9 Å². The summed E-state index contributed by atoms with van der Waals surface area (Å²) in [5.41, 5.74) is 6.20. The van der Waals surface area contributed by atoms with Gasteiger partial charge in [0.2, 0.25) is 16.0 Å². The van der Waals surface area contributed by atoms with Crippen LogP contribution in [0, 0.1) is 0 Å². The number of anilines is 1. The van der Waals surface area contributed by atoms with Crippen LogP contribution in [-0.4, -0.2) is 39.4 Å². The standard InChI is InChI=1S/C11H14N6O2S/c12-11-13-4-3-9(16-11)10-2-1-5-17(10)20(18,19)8-6-14-15-7-8/h3-4,6-7,10H,1-2,5H2,(H,14,15)(H2,12,13,16)/t10-/m0/s1. The van der Waals surface area contributed by atoms with Crippen molar-refractivity contribution in [1.29, 1.82) is 0 Å². The van der Waals surface area contributed by atoms with E-state index in [1.807, 2.05) is 0 Å². The molecule has 1 aliphatic heterocycles. The van der Waals surface area contributed by atoms with Gasteiger partial charge in [-0.05, 0) is 18.9 Å². The minimum Gasteiger partial charge on any atom is -0.368 e. The molecular weight excluding hydrogens is 280 g/mol. The third-order valence-corrected chi connectivity index (χ3v) is 5.19. The van der Waals surface area contributed by atoms with E-state index in [0.29, 0.717) is 18.7 Å². The summed E-state index contributed by atoms with van der Waals surface area (Å²) in [7, 11) is -3.57. The highest BCUT2D eigenvalue weighted by molar-refractivity contribution is 7.89. The fourth-order valence-corrected chi connectivity index (χ4v) is 3.99. The number of nitrogen functional groups attached to an aromatic ring is 1. The van der Waals surface area contributed by atoms with Crippen LogP contribution >= 0.6 is 0 Å². The van der Waals surface area contributed by atoms with Crippen LogP contribution in [0.3, 0.4) is 0 Å². The third-order valence-electron chi connectivity index (χ3n) is 3.32. The molecule has 0 aromatic carbocycles. The molecular formula is C11H14N6O2S. The minimum absolute atomic E-state index is 0.148. The molecule has 1 aliphatic rings. The van der Waals surface area contributed by atoms with Gasteiger partial charge in [-0.2, -0.15) is 9.40 Å². The van der Waals surface area contributed by atoms with Crippen LogP contribution in [0.25, 0.3) is 0 Å². The second-order valence-corrected chi connectivity index (χ2v) is 6.44. The van der Waals surface area contributed by atoms with Gasteiger partial charge < -0.3 is 5.73 Å². The largest absolute Gasteiger partial charge is 0.368 e. The van der Waals surface area contributed by atoms with Crippen molar-refractivity contribution in [2.24, 2.45) is 0 Å². The second-order valence-electron chi connectivity index (χ2n) is 4.55. The maximum absolute atomic E-state index is 12.6. The summed E-state index contributed by atoms with van der Waals surface area (Å²) in [5.74, 6) is 0.148. The van der Waals surface area contributed by atoms with E-state index in [1.165, 1.54) is 16.7 Å². The Morgan fingerprint density at radius 1 is 1.45 bits per heavy atom. The van der Waals surface area contributed by atoms with Gasteiger partial charge in [-0.25, -0.2) is 18.4 Å². The number of H-pyrrole nitrogens is 1. The van der Waals surface area contributed by atoms with Gasteiger partial charge in [0.25, 0.3) is 0 Å². The number of nitrogens with one attached hydrogen (secondary N) is 1. The summed E-state index contributed by atoms with van der Waals surface area (Å²) in [4.78, 5) is 8.13. The monoisotopic (exact) mass is 294 g/mol. The molecule has 2 aromatic rings. The van der Waals surface area contributed by atoms with Crippen LogP contribution in [0.15, 0.2) is 29.6 Å². The normalized spacial score (nSPS) is 20.3. The number of nitrogens with zero attached hydrogens (tertiary/aromatic N) is 4. The second kappa shape index (κ2) is 4.84. The number of rotatable bonds is 3. The molecule has 1 saturated heterocycles. The number of aromatic nitrogens is 4. The molecule has 20 heavy (non-hydrogen) atoms. The van der Waals surface area contributed by atoms with Crippen LogP contribution in [0.1, 0.15) is 24.6 Å². The number of sulfonamides is 1. The lowest BCUT2D eigenvalue weighted by Gasteiger charge is -2.22. The first-order chi connectivity index (χ1) is 9.59. The number of hydrogen-bond acceptors (Lipinski definition) is 6. The van der Waals surface area contributed by atoms with E-state index in [4.69, 9.17) is 5.73 Å². The fraction of sp³-hybridized carbons (Fsp3) is 0.364. The highest BCUT2D eigenvalue weighted by Gasteiger charge is 2.37. The smallest absolute Gasteiger partial charge is 0.246 e.